The van der Waals surface area contributed by atoms with E-state index in [9.17, 15) is 14.9 Å². The zero-order chi connectivity index (χ0) is 22.9. The van der Waals surface area contributed by atoms with Crippen molar-refractivity contribution in [2.24, 2.45) is 5.10 Å². The third kappa shape index (κ3) is 6.11. The Morgan fingerprint density at radius 1 is 1.25 bits per heavy atom. The molecule has 3 rings (SSSR count). The van der Waals surface area contributed by atoms with E-state index in [0.29, 0.717) is 33.7 Å². The molecule has 3 aromatic rings. The van der Waals surface area contributed by atoms with Crippen LogP contribution in [0, 0.1) is 10.1 Å². The molecule has 0 radical (unpaired) electrons. The molecule has 32 heavy (non-hydrogen) atoms. The van der Waals surface area contributed by atoms with Crippen LogP contribution in [0.25, 0.3) is 0 Å². The summed E-state index contributed by atoms with van der Waals surface area (Å²) in [4.78, 5) is 26.3. The molecule has 0 unspecified atom stereocenters. The van der Waals surface area contributed by atoms with Crippen molar-refractivity contribution in [3.8, 4) is 11.5 Å². The summed E-state index contributed by atoms with van der Waals surface area (Å²) >= 11 is 3.48. The summed E-state index contributed by atoms with van der Waals surface area (Å²) in [6, 6.07) is 12.9. The van der Waals surface area contributed by atoms with Crippen molar-refractivity contribution in [1.29, 1.82) is 0 Å². The maximum atomic E-state index is 12.0. The summed E-state index contributed by atoms with van der Waals surface area (Å²) in [5.74, 6) is 0.604. The number of carbonyl (C=O) groups is 1. The van der Waals surface area contributed by atoms with Crippen LogP contribution in [0.15, 0.2) is 70.5 Å². The number of nitrogens with zero attached hydrogens (tertiary/aromatic N) is 3. The van der Waals surface area contributed by atoms with Crippen molar-refractivity contribution in [2.45, 2.75) is 13.5 Å². The Morgan fingerprint density at radius 2 is 2.03 bits per heavy atom. The van der Waals surface area contributed by atoms with Gasteiger partial charge in [-0.05, 0) is 70.4 Å². The highest BCUT2D eigenvalue weighted by molar-refractivity contribution is 9.10. The van der Waals surface area contributed by atoms with E-state index in [2.05, 4.69) is 31.4 Å². The first-order valence-corrected chi connectivity index (χ1v) is 10.3. The van der Waals surface area contributed by atoms with E-state index in [-0.39, 0.29) is 18.2 Å². The van der Waals surface area contributed by atoms with Gasteiger partial charge in [0.25, 0.3) is 11.6 Å². The highest BCUT2D eigenvalue weighted by Crippen LogP contribution is 2.37. The van der Waals surface area contributed by atoms with Gasteiger partial charge in [-0.15, -0.1) is 0 Å². The van der Waals surface area contributed by atoms with Crippen LogP contribution >= 0.6 is 15.9 Å². The Kier molecular flexibility index (Phi) is 7.87. The maximum Gasteiger partial charge on any atom is 0.272 e. The van der Waals surface area contributed by atoms with Gasteiger partial charge in [0.1, 0.15) is 6.61 Å². The number of pyridine rings is 1. The second kappa shape index (κ2) is 11.0. The smallest absolute Gasteiger partial charge is 0.272 e. The molecular formula is C22H19BrN4O5. The monoisotopic (exact) mass is 498 g/mol. The molecule has 0 aliphatic carbocycles. The summed E-state index contributed by atoms with van der Waals surface area (Å²) < 4.78 is 12.2. The lowest BCUT2D eigenvalue weighted by Gasteiger charge is -2.14. The molecule has 9 nitrogen and oxygen atoms in total. The van der Waals surface area contributed by atoms with Gasteiger partial charge in [-0.2, -0.15) is 5.10 Å². The fourth-order valence-electron chi connectivity index (χ4n) is 2.66. The first kappa shape index (κ1) is 22.9. The van der Waals surface area contributed by atoms with Gasteiger partial charge in [0.05, 0.1) is 27.8 Å². The molecule has 0 fully saturated rings. The summed E-state index contributed by atoms with van der Waals surface area (Å²) in [5.41, 5.74) is 4.31. The summed E-state index contributed by atoms with van der Waals surface area (Å²) in [6.45, 7) is 2.47. The number of rotatable bonds is 9. The number of benzene rings is 2. The average molecular weight is 499 g/mol. The molecule has 0 spiro atoms. The van der Waals surface area contributed by atoms with Gasteiger partial charge in [0.2, 0.25) is 0 Å². The molecule has 2 aromatic carbocycles. The van der Waals surface area contributed by atoms with Crippen LogP contribution in [-0.4, -0.2) is 28.6 Å². The third-order valence-electron chi connectivity index (χ3n) is 4.17. The number of nitro groups is 1. The molecule has 0 bridgehead atoms. The Hall–Kier alpha value is -3.79. The zero-order valence-corrected chi connectivity index (χ0v) is 18.6. The fourth-order valence-corrected chi connectivity index (χ4v) is 3.24. The van der Waals surface area contributed by atoms with Crippen LogP contribution < -0.4 is 14.9 Å². The van der Waals surface area contributed by atoms with Gasteiger partial charge >= 0.3 is 0 Å². The molecule has 0 aliphatic rings. The second-order valence-electron chi connectivity index (χ2n) is 6.42. The van der Waals surface area contributed by atoms with Crippen LogP contribution in [0.5, 0.6) is 11.5 Å². The summed E-state index contributed by atoms with van der Waals surface area (Å²) in [6.07, 6.45) is 4.52. The fraction of sp³-hybridized carbons (Fsp3) is 0.136. The van der Waals surface area contributed by atoms with Gasteiger partial charge in [-0.3, -0.25) is 19.9 Å². The van der Waals surface area contributed by atoms with Crippen LogP contribution in [0.3, 0.4) is 0 Å². The van der Waals surface area contributed by atoms with Crippen molar-refractivity contribution >= 4 is 33.7 Å². The minimum Gasteiger partial charge on any atom is -0.490 e. The van der Waals surface area contributed by atoms with E-state index < -0.39 is 4.92 Å². The number of nitrogens with one attached hydrogen (secondary N) is 1. The number of amides is 1. The number of halogens is 1. The van der Waals surface area contributed by atoms with Gasteiger partial charge in [0, 0.05) is 24.5 Å². The first-order chi connectivity index (χ1) is 15.5. The molecule has 1 heterocycles. The molecule has 1 amide bonds. The molecule has 10 heteroatoms. The van der Waals surface area contributed by atoms with E-state index in [0.717, 1.165) is 5.56 Å². The highest BCUT2D eigenvalue weighted by Gasteiger charge is 2.13. The number of non-ortho nitro benzene ring substituents is 1. The Balaban J connectivity index is 1.71. The molecule has 0 saturated carbocycles. The number of hydrogen-bond donors (Lipinski definition) is 1. The van der Waals surface area contributed by atoms with Crippen LogP contribution in [0.4, 0.5) is 5.69 Å². The molecule has 164 valence electrons. The standard InChI is InChI=1S/C22H19BrN4O5/c1-2-31-20-11-16(12-25-26-22(28)17-4-3-9-24-13-17)10-19(23)21(20)32-14-15-5-7-18(8-6-15)27(29)30/h3-13H,2,14H2,1H3,(H,26,28). The van der Waals surface area contributed by atoms with Crippen LogP contribution in [-0.2, 0) is 6.61 Å². The zero-order valence-electron chi connectivity index (χ0n) is 17.0. The number of hydrogen-bond acceptors (Lipinski definition) is 7. The molecule has 1 N–H and O–H groups in total. The van der Waals surface area contributed by atoms with E-state index in [1.54, 1.807) is 42.6 Å². The Bertz CT molecular complexity index is 1120. The predicted octanol–water partition coefficient (Wildman–Crippen LogP) is 4.49. The van der Waals surface area contributed by atoms with Crippen molar-refractivity contribution in [2.75, 3.05) is 6.61 Å². The van der Waals surface area contributed by atoms with E-state index in [1.807, 2.05) is 6.92 Å². The van der Waals surface area contributed by atoms with Crippen molar-refractivity contribution < 1.29 is 19.2 Å². The van der Waals surface area contributed by atoms with Gasteiger partial charge in [0.15, 0.2) is 11.5 Å². The van der Waals surface area contributed by atoms with Crippen molar-refractivity contribution in [3.05, 3.63) is 92.2 Å². The van der Waals surface area contributed by atoms with Gasteiger partial charge < -0.3 is 9.47 Å². The van der Waals surface area contributed by atoms with Crippen LogP contribution in [0.1, 0.15) is 28.4 Å². The molecule has 1 aromatic heterocycles. The normalized spacial score (nSPS) is 10.7. The topological polar surface area (TPSA) is 116 Å². The predicted molar refractivity (Wildman–Crippen MR) is 122 cm³/mol. The van der Waals surface area contributed by atoms with Gasteiger partial charge in [-0.25, -0.2) is 5.43 Å². The quantitative estimate of drug-likeness (QED) is 0.264. The number of ether oxygens (including phenoxy) is 2. The first-order valence-electron chi connectivity index (χ1n) is 9.54. The van der Waals surface area contributed by atoms with Crippen molar-refractivity contribution in [3.63, 3.8) is 0 Å². The number of aromatic nitrogens is 1. The minimum atomic E-state index is -0.451. The van der Waals surface area contributed by atoms with Crippen LogP contribution in [0.2, 0.25) is 0 Å². The molecule has 0 atom stereocenters. The summed E-state index contributed by atoms with van der Waals surface area (Å²) in [5, 5.41) is 14.8. The second-order valence-corrected chi connectivity index (χ2v) is 7.27. The third-order valence-corrected chi connectivity index (χ3v) is 4.75. The Labute approximate surface area is 192 Å². The number of carbonyl (C=O) groups excluding carboxylic acids is 1. The largest absolute Gasteiger partial charge is 0.490 e. The number of nitro benzene ring substituents is 1. The SMILES string of the molecule is CCOc1cc(C=NNC(=O)c2cccnc2)cc(Br)c1OCc1ccc([N+](=O)[O-])cc1. The molecule has 0 aliphatic heterocycles. The highest BCUT2D eigenvalue weighted by atomic mass is 79.9. The van der Waals surface area contributed by atoms with E-state index in [1.165, 1.54) is 24.5 Å². The number of hydrazone groups is 1. The lowest BCUT2D eigenvalue weighted by molar-refractivity contribution is -0.384. The summed E-state index contributed by atoms with van der Waals surface area (Å²) in [7, 11) is 0. The van der Waals surface area contributed by atoms with E-state index in [4.69, 9.17) is 9.47 Å². The average Bonchev–Trinajstić information content (AvgIpc) is 2.79. The molecular weight excluding hydrogens is 480 g/mol. The van der Waals surface area contributed by atoms with Crippen molar-refractivity contribution in [1.82, 2.24) is 10.4 Å². The maximum absolute atomic E-state index is 12.0. The molecule has 0 saturated heterocycles. The van der Waals surface area contributed by atoms with Gasteiger partial charge in [-0.1, -0.05) is 0 Å². The lowest BCUT2D eigenvalue weighted by Crippen LogP contribution is -2.17. The Morgan fingerprint density at radius 3 is 2.69 bits per heavy atom. The van der Waals surface area contributed by atoms with E-state index >= 15 is 0 Å². The minimum absolute atomic E-state index is 0.0178. The lowest BCUT2D eigenvalue weighted by atomic mass is 10.2.